The van der Waals surface area contributed by atoms with E-state index in [1.165, 1.54) is 0 Å². The van der Waals surface area contributed by atoms with Crippen LogP contribution in [0.15, 0.2) is 59.4 Å². The SMILES string of the molecule is Cc1nc([C@@H]2CCCN2Cc2ccc(-c3ccccc3C(=O)O)cc2)cc(=O)[nH]1. The first kappa shape index (κ1) is 19.1. The smallest absolute Gasteiger partial charge is 0.336 e. The number of hydrogen-bond acceptors (Lipinski definition) is 4. The first-order valence-electron chi connectivity index (χ1n) is 9.75. The molecule has 0 bridgehead atoms. The van der Waals surface area contributed by atoms with Crippen molar-refractivity contribution in [2.24, 2.45) is 0 Å². The van der Waals surface area contributed by atoms with Crippen LogP contribution in [0.25, 0.3) is 11.1 Å². The summed E-state index contributed by atoms with van der Waals surface area (Å²) in [4.78, 5) is 32.9. The van der Waals surface area contributed by atoms with Gasteiger partial charge >= 0.3 is 5.97 Å². The van der Waals surface area contributed by atoms with Crippen LogP contribution in [0.3, 0.4) is 0 Å². The van der Waals surface area contributed by atoms with Crippen LogP contribution in [-0.2, 0) is 6.54 Å². The van der Waals surface area contributed by atoms with Gasteiger partial charge in [-0.3, -0.25) is 9.69 Å². The van der Waals surface area contributed by atoms with E-state index in [0.717, 1.165) is 42.8 Å². The summed E-state index contributed by atoms with van der Waals surface area (Å²) in [7, 11) is 0. The molecule has 1 aliphatic heterocycles. The Labute approximate surface area is 168 Å². The van der Waals surface area contributed by atoms with E-state index in [4.69, 9.17) is 0 Å². The molecule has 1 aromatic heterocycles. The second-order valence-electron chi connectivity index (χ2n) is 7.43. The number of carboxylic acids is 1. The molecule has 6 heteroatoms. The molecule has 2 heterocycles. The number of likely N-dealkylation sites (tertiary alicyclic amines) is 1. The van der Waals surface area contributed by atoms with Gasteiger partial charge in [-0.25, -0.2) is 9.78 Å². The van der Waals surface area contributed by atoms with Gasteiger partial charge in [-0.1, -0.05) is 42.5 Å². The Kier molecular flexibility index (Phi) is 5.27. The molecule has 4 rings (SSSR count). The second-order valence-corrected chi connectivity index (χ2v) is 7.43. The molecule has 29 heavy (non-hydrogen) atoms. The van der Waals surface area contributed by atoms with Crippen molar-refractivity contribution in [1.29, 1.82) is 0 Å². The number of rotatable bonds is 5. The summed E-state index contributed by atoms with van der Waals surface area (Å²) in [5, 5.41) is 9.41. The lowest BCUT2D eigenvalue weighted by Gasteiger charge is -2.24. The van der Waals surface area contributed by atoms with Crippen LogP contribution in [0.5, 0.6) is 0 Å². The summed E-state index contributed by atoms with van der Waals surface area (Å²) < 4.78 is 0. The number of carboxylic acid groups (broad SMARTS) is 1. The summed E-state index contributed by atoms with van der Waals surface area (Å²) in [6.45, 7) is 3.53. The van der Waals surface area contributed by atoms with E-state index in [1.54, 1.807) is 25.1 Å². The lowest BCUT2D eigenvalue weighted by molar-refractivity contribution is 0.0697. The summed E-state index contributed by atoms with van der Waals surface area (Å²) >= 11 is 0. The number of aromatic amines is 1. The average molecular weight is 389 g/mol. The van der Waals surface area contributed by atoms with Gasteiger partial charge < -0.3 is 10.1 Å². The number of benzene rings is 2. The molecule has 2 aromatic carbocycles. The van der Waals surface area contributed by atoms with Gasteiger partial charge in [0.25, 0.3) is 5.56 Å². The van der Waals surface area contributed by atoms with E-state index in [-0.39, 0.29) is 11.6 Å². The van der Waals surface area contributed by atoms with Crippen LogP contribution in [0, 0.1) is 6.92 Å². The predicted molar refractivity (Wildman–Crippen MR) is 111 cm³/mol. The maximum atomic E-state index is 11.8. The van der Waals surface area contributed by atoms with Crippen LogP contribution in [-0.4, -0.2) is 32.5 Å². The van der Waals surface area contributed by atoms with E-state index < -0.39 is 5.97 Å². The quantitative estimate of drug-likeness (QED) is 0.694. The lowest BCUT2D eigenvalue weighted by Crippen LogP contribution is -2.25. The fraction of sp³-hybridized carbons (Fsp3) is 0.261. The van der Waals surface area contributed by atoms with E-state index in [0.29, 0.717) is 17.0 Å². The summed E-state index contributed by atoms with van der Waals surface area (Å²) in [5.41, 5.74) is 3.77. The first-order chi connectivity index (χ1) is 14.0. The van der Waals surface area contributed by atoms with Crippen LogP contribution >= 0.6 is 0 Å². The highest BCUT2D eigenvalue weighted by molar-refractivity contribution is 5.95. The van der Waals surface area contributed by atoms with Gasteiger partial charge in [-0.15, -0.1) is 0 Å². The van der Waals surface area contributed by atoms with Crippen LogP contribution in [0.1, 0.15) is 46.3 Å². The fourth-order valence-electron chi connectivity index (χ4n) is 4.07. The molecule has 1 aliphatic rings. The molecule has 0 saturated carbocycles. The number of carbonyl (C=O) groups is 1. The topological polar surface area (TPSA) is 86.3 Å². The summed E-state index contributed by atoms with van der Waals surface area (Å²) in [6, 6.07) is 16.8. The molecule has 1 atom stereocenters. The number of hydrogen-bond donors (Lipinski definition) is 2. The molecule has 0 radical (unpaired) electrons. The highest BCUT2D eigenvalue weighted by Crippen LogP contribution is 2.32. The highest BCUT2D eigenvalue weighted by Gasteiger charge is 2.27. The van der Waals surface area contributed by atoms with Gasteiger partial charge in [0, 0.05) is 12.6 Å². The first-order valence-corrected chi connectivity index (χ1v) is 9.75. The van der Waals surface area contributed by atoms with Gasteiger partial charge in [-0.2, -0.15) is 0 Å². The van der Waals surface area contributed by atoms with Crippen molar-refractivity contribution in [3.63, 3.8) is 0 Å². The van der Waals surface area contributed by atoms with Crippen LogP contribution in [0.2, 0.25) is 0 Å². The molecule has 3 aromatic rings. The minimum atomic E-state index is -0.926. The van der Waals surface area contributed by atoms with Gasteiger partial charge in [0.1, 0.15) is 5.82 Å². The maximum Gasteiger partial charge on any atom is 0.336 e. The molecular weight excluding hydrogens is 366 g/mol. The monoisotopic (exact) mass is 389 g/mol. The number of aromatic nitrogens is 2. The Balaban J connectivity index is 1.54. The third-order valence-electron chi connectivity index (χ3n) is 5.39. The second kappa shape index (κ2) is 8.01. The Morgan fingerprint density at radius 2 is 1.97 bits per heavy atom. The third-order valence-corrected chi connectivity index (χ3v) is 5.39. The van der Waals surface area contributed by atoms with Crippen molar-refractivity contribution < 1.29 is 9.90 Å². The van der Waals surface area contributed by atoms with E-state index in [9.17, 15) is 14.7 Å². The average Bonchev–Trinajstić information content (AvgIpc) is 3.16. The number of H-pyrrole nitrogens is 1. The zero-order valence-electron chi connectivity index (χ0n) is 16.3. The Bertz CT molecular complexity index is 1090. The number of nitrogens with one attached hydrogen (secondary N) is 1. The molecule has 2 N–H and O–H groups in total. The van der Waals surface area contributed by atoms with Crippen molar-refractivity contribution in [3.05, 3.63) is 87.6 Å². The molecule has 6 nitrogen and oxygen atoms in total. The van der Waals surface area contributed by atoms with Crippen LogP contribution < -0.4 is 5.56 Å². The number of aromatic carboxylic acids is 1. The molecule has 0 spiro atoms. The summed E-state index contributed by atoms with van der Waals surface area (Å²) in [6.07, 6.45) is 2.06. The molecule has 0 aliphatic carbocycles. The van der Waals surface area contributed by atoms with E-state index >= 15 is 0 Å². The molecular formula is C23H23N3O3. The van der Waals surface area contributed by atoms with E-state index in [2.05, 4.69) is 14.9 Å². The normalized spacial score (nSPS) is 16.8. The number of nitrogens with zero attached hydrogens (tertiary/aromatic N) is 2. The lowest BCUT2D eigenvalue weighted by atomic mass is 9.98. The van der Waals surface area contributed by atoms with E-state index in [1.807, 2.05) is 36.4 Å². The Morgan fingerprint density at radius 1 is 1.21 bits per heavy atom. The minimum Gasteiger partial charge on any atom is -0.478 e. The zero-order valence-corrected chi connectivity index (χ0v) is 16.3. The highest BCUT2D eigenvalue weighted by atomic mass is 16.4. The zero-order chi connectivity index (χ0) is 20.4. The predicted octanol–water partition coefficient (Wildman–Crippen LogP) is 3.78. The minimum absolute atomic E-state index is 0.110. The largest absolute Gasteiger partial charge is 0.478 e. The van der Waals surface area contributed by atoms with Gasteiger partial charge in [0.15, 0.2) is 0 Å². The van der Waals surface area contributed by atoms with Crippen molar-refractivity contribution in [2.45, 2.75) is 32.4 Å². The van der Waals surface area contributed by atoms with Crippen molar-refractivity contribution >= 4 is 5.97 Å². The van der Waals surface area contributed by atoms with Gasteiger partial charge in [-0.05, 0) is 49.1 Å². The molecule has 1 fully saturated rings. The van der Waals surface area contributed by atoms with Crippen LogP contribution in [0.4, 0.5) is 0 Å². The number of aryl methyl sites for hydroxylation is 1. The molecule has 148 valence electrons. The molecule has 0 amide bonds. The fourth-order valence-corrected chi connectivity index (χ4v) is 4.07. The standard InChI is InChI=1S/C23H23N3O3/c1-15-24-20(13-22(27)25-15)21-7-4-12-26(21)14-16-8-10-17(11-9-16)18-5-2-3-6-19(18)23(28)29/h2-3,5-6,8-11,13,21H,4,7,12,14H2,1H3,(H,28,29)(H,24,25,27)/t21-/m0/s1. The molecule has 1 saturated heterocycles. The van der Waals surface area contributed by atoms with Gasteiger partial charge in [0.2, 0.25) is 0 Å². The third kappa shape index (κ3) is 4.12. The molecule has 0 unspecified atom stereocenters. The van der Waals surface area contributed by atoms with Gasteiger partial charge in [0.05, 0.1) is 17.3 Å². The summed E-state index contributed by atoms with van der Waals surface area (Å²) in [5.74, 6) is -0.286. The van der Waals surface area contributed by atoms with Crippen molar-refractivity contribution in [2.75, 3.05) is 6.54 Å². The Hall–Kier alpha value is -3.25. The Morgan fingerprint density at radius 3 is 2.69 bits per heavy atom. The maximum absolute atomic E-state index is 11.8. The van der Waals surface area contributed by atoms with Crippen molar-refractivity contribution in [1.82, 2.24) is 14.9 Å². The van der Waals surface area contributed by atoms with Crippen molar-refractivity contribution in [3.8, 4) is 11.1 Å².